The van der Waals surface area contributed by atoms with Crippen LogP contribution < -0.4 is 5.32 Å². The molecule has 8 nitrogen and oxygen atoms in total. The first-order valence-corrected chi connectivity index (χ1v) is 16.3. The summed E-state index contributed by atoms with van der Waals surface area (Å²) >= 11 is 0. The number of hydrogen-bond donors (Lipinski definition) is 2. The molecule has 2 saturated heterocycles. The zero-order chi connectivity index (χ0) is 30.3. The van der Waals surface area contributed by atoms with Gasteiger partial charge in [-0.3, -0.25) is 14.5 Å². The Hall–Kier alpha value is -2.94. The number of unbranched alkanes of at least 4 members (excludes halogenated alkanes) is 1. The number of piperidine rings is 1. The number of carbonyl (C=O) groups is 2. The van der Waals surface area contributed by atoms with Crippen molar-refractivity contribution < 1.29 is 19.5 Å². The molecule has 2 aromatic carbocycles. The number of hydrogen-bond acceptors (Lipinski definition) is 6. The Labute approximate surface area is 268 Å². The number of aliphatic hydroxyl groups is 1. The van der Waals surface area contributed by atoms with Crippen molar-refractivity contribution in [3.8, 4) is 0 Å². The maximum absolute atomic E-state index is 13.9. The maximum Gasteiger partial charge on any atom is 0.246 e. The van der Waals surface area contributed by atoms with E-state index in [0.29, 0.717) is 45.3 Å². The Morgan fingerprint density at radius 1 is 0.955 bits per heavy atom. The molecule has 9 heteroatoms. The van der Waals surface area contributed by atoms with Gasteiger partial charge in [-0.2, -0.15) is 0 Å². The van der Waals surface area contributed by atoms with E-state index in [1.165, 1.54) is 5.56 Å². The second kappa shape index (κ2) is 15.4. The third-order valence-electron chi connectivity index (χ3n) is 9.56. The molecule has 1 atom stereocenters. The number of carbonyl (C=O) groups excluding carboxylic acids is 2. The molecule has 2 heterocycles. The van der Waals surface area contributed by atoms with Crippen LogP contribution in [0, 0.1) is 0 Å². The van der Waals surface area contributed by atoms with Crippen LogP contribution in [0.3, 0.4) is 0 Å². The highest BCUT2D eigenvalue weighted by Gasteiger charge is 2.54. The number of nitrogens with zero attached hydrogens (tertiary/aromatic N) is 3. The summed E-state index contributed by atoms with van der Waals surface area (Å²) in [6.07, 6.45) is 7.85. The summed E-state index contributed by atoms with van der Waals surface area (Å²) in [5.74, 6) is -0.0577. The summed E-state index contributed by atoms with van der Waals surface area (Å²) in [7, 11) is 0. The minimum absolute atomic E-state index is 0. The second-order valence-electron chi connectivity index (χ2n) is 12.6. The zero-order valence-electron chi connectivity index (χ0n) is 26.3. The molecular weight excluding hydrogens is 576 g/mol. The monoisotopic (exact) mass is 624 g/mol. The SMILES string of the molecule is CCCCN1C(=O)[C@@H](CC2(O)CCCCC2)NC(=O)C12CCN(Cc1ccc(C(=NOCC)c3ccccc3)cc1)CC2.Cl. The number of oxime groups is 1. The van der Waals surface area contributed by atoms with Gasteiger partial charge in [0.15, 0.2) is 0 Å². The normalized spacial score (nSPS) is 21.9. The van der Waals surface area contributed by atoms with Gasteiger partial charge >= 0.3 is 0 Å². The predicted molar refractivity (Wildman–Crippen MR) is 176 cm³/mol. The predicted octanol–water partition coefficient (Wildman–Crippen LogP) is 5.44. The van der Waals surface area contributed by atoms with Gasteiger partial charge in [-0.15, -0.1) is 12.4 Å². The molecule has 44 heavy (non-hydrogen) atoms. The summed E-state index contributed by atoms with van der Waals surface area (Å²) < 4.78 is 0. The van der Waals surface area contributed by atoms with E-state index in [0.717, 1.165) is 68.6 Å². The number of halogens is 1. The molecule has 240 valence electrons. The molecule has 0 unspecified atom stereocenters. The summed E-state index contributed by atoms with van der Waals surface area (Å²) in [5.41, 5.74) is 2.34. The van der Waals surface area contributed by atoms with E-state index in [4.69, 9.17) is 4.84 Å². The van der Waals surface area contributed by atoms with Crippen LogP contribution in [0.15, 0.2) is 59.8 Å². The van der Waals surface area contributed by atoms with E-state index in [9.17, 15) is 14.7 Å². The molecule has 1 aliphatic carbocycles. The number of rotatable bonds is 11. The van der Waals surface area contributed by atoms with Crippen molar-refractivity contribution in [3.05, 3.63) is 71.3 Å². The quantitative estimate of drug-likeness (QED) is 0.256. The van der Waals surface area contributed by atoms with Crippen molar-refractivity contribution in [1.82, 2.24) is 15.1 Å². The summed E-state index contributed by atoms with van der Waals surface area (Å²) in [5, 5.41) is 18.6. The highest BCUT2D eigenvalue weighted by molar-refractivity contribution is 6.12. The fraction of sp³-hybridized carbons (Fsp3) is 0.571. The summed E-state index contributed by atoms with van der Waals surface area (Å²) in [6.45, 7) is 7.39. The second-order valence-corrected chi connectivity index (χ2v) is 12.6. The topological polar surface area (TPSA) is 94.5 Å². The average Bonchev–Trinajstić information content (AvgIpc) is 3.02. The van der Waals surface area contributed by atoms with Gasteiger partial charge in [-0.1, -0.05) is 92.4 Å². The lowest BCUT2D eigenvalue weighted by Crippen LogP contribution is -2.73. The molecule has 2 aromatic rings. The standard InChI is InChI=1S/C35H48N4O4.ClH/c1-3-5-22-39-32(40)30(25-34(42)18-10-7-11-19-34)36-33(41)35(39)20-23-38(24-21-35)26-27-14-16-29(17-15-27)31(37-43-4-2)28-12-8-6-9-13-28;/h6,8-9,12-17,30,42H,3-5,7,10-11,18-26H2,1-2H3,(H,36,41);1H/t30-;/m1./s1. The van der Waals surface area contributed by atoms with E-state index in [-0.39, 0.29) is 24.2 Å². The summed E-state index contributed by atoms with van der Waals surface area (Å²) in [4.78, 5) is 37.3. The first-order chi connectivity index (χ1) is 20.9. The van der Waals surface area contributed by atoms with Crippen LogP contribution in [0.2, 0.25) is 0 Å². The highest BCUT2D eigenvalue weighted by atomic mass is 35.5. The smallest absolute Gasteiger partial charge is 0.246 e. The molecule has 3 fully saturated rings. The van der Waals surface area contributed by atoms with E-state index in [1.807, 2.05) is 42.2 Å². The first-order valence-electron chi connectivity index (χ1n) is 16.3. The molecule has 0 radical (unpaired) electrons. The molecule has 0 bridgehead atoms. The number of benzene rings is 2. The molecular formula is C35H49ClN4O4. The van der Waals surface area contributed by atoms with Crippen LogP contribution in [-0.2, 0) is 21.0 Å². The zero-order valence-corrected chi connectivity index (χ0v) is 27.1. The van der Waals surface area contributed by atoms with Crippen LogP contribution in [0.25, 0.3) is 0 Å². The lowest BCUT2D eigenvalue weighted by Gasteiger charge is -2.52. The molecule has 2 aliphatic heterocycles. The van der Waals surface area contributed by atoms with Crippen LogP contribution in [0.1, 0.15) is 94.7 Å². The lowest BCUT2D eigenvalue weighted by molar-refractivity contribution is -0.163. The molecule has 1 saturated carbocycles. The molecule has 2 N–H and O–H groups in total. The Morgan fingerprint density at radius 3 is 2.25 bits per heavy atom. The summed E-state index contributed by atoms with van der Waals surface area (Å²) in [6, 6.07) is 17.9. The first kappa shape index (κ1) is 33.9. The van der Waals surface area contributed by atoms with Crippen molar-refractivity contribution >= 4 is 29.9 Å². The number of likely N-dealkylation sites (tertiary alicyclic amines) is 1. The van der Waals surface area contributed by atoms with Gasteiger partial charge in [0.25, 0.3) is 0 Å². The lowest BCUT2D eigenvalue weighted by atomic mass is 9.77. The molecule has 5 rings (SSSR count). The number of amides is 2. The Balaban J connectivity index is 0.00000442. The molecule has 2 amide bonds. The molecule has 1 spiro atoms. The highest BCUT2D eigenvalue weighted by Crippen LogP contribution is 2.37. The maximum atomic E-state index is 13.9. The minimum atomic E-state index is -0.859. The van der Waals surface area contributed by atoms with Gasteiger partial charge in [0.2, 0.25) is 11.8 Å². The fourth-order valence-electron chi connectivity index (χ4n) is 7.05. The van der Waals surface area contributed by atoms with Crippen LogP contribution in [0.4, 0.5) is 0 Å². The van der Waals surface area contributed by atoms with Crippen molar-refractivity contribution in [2.75, 3.05) is 26.2 Å². The Kier molecular flexibility index (Phi) is 11.9. The Bertz CT molecular complexity index is 1260. The van der Waals surface area contributed by atoms with Gasteiger partial charge in [0, 0.05) is 43.7 Å². The van der Waals surface area contributed by atoms with Gasteiger partial charge in [0.1, 0.15) is 23.9 Å². The van der Waals surface area contributed by atoms with Crippen molar-refractivity contribution in [2.24, 2.45) is 5.16 Å². The van der Waals surface area contributed by atoms with E-state index in [2.05, 4.69) is 46.6 Å². The van der Waals surface area contributed by atoms with Crippen LogP contribution in [0.5, 0.6) is 0 Å². The molecule has 3 aliphatic rings. The van der Waals surface area contributed by atoms with Crippen molar-refractivity contribution in [1.29, 1.82) is 0 Å². The van der Waals surface area contributed by atoms with Gasteiger partial charge in [-0.25, -0.2) is 0 Å². The van der Waals surface area contributed by atoms with E-state index < -0.39 is 17.2 Å². The largest absolute Gasteiger partial charge is 0.396 e. The number of nitrogens with one attached hydrogen (secondary N) is 1. The van der Waals surface area contributed by atoms with Crippen molar-refractivity contribution in [2.45, 2.75) is 102 Å². The third-order valence-corrected chi connectivity index (χ3v) is 9.56. The van der Waals surface area contributed by atoms with E-state index >= 15 is 0 Å². The fourth-order valence-corrected chi connectivity index (χ4v) is 7.05. The van der Waals surface area contributed by atoms with Gasteiger partial charge in [-0.05, 0) is 44.6 Å². The third kappa shape index (κ3) is 7.64. The van der Waals surface area contributed by atoms with E-state index in [1.54, 1.807) is 0 Å². The number of piperazine rings is 1. The van der Waals surface area contributed by atoms with Crippen LogP contribution >= 0.6 is 12.4 Å². The van der Waals surface area contributed by atoms with Crippen molar-refractivity contribution in [3.63, 3.8) is 0 Å². The van der Waals surface area contributed by atoms with Gasteiger partial charge < -0.3 is 20.2 Å². The molecule has 0 aromatic heterocycles. The minimum Gasteiger partial charge on any atom is -0.396 e. The van der Waals surface area contributed by atoms with Crippen LogP contribution in [-0.4, -0.2) is 75.9 Å². The Morgan fingerprint density at radius 2 is 1.61 bits per heavy atom. The van der Waals surface area contributed by atoms with Gasteiger partial charge in [0.05, 0.1) is 5.60 Å². The average molecular weight is 625 g/mol.